The van der Waals surface area contributed by atoms with Crippen molar-refractivity contribution in [2.45, 2.75) is 95.5 Å². The van der Waals surface area contributed by atoms with Crippen molar-refractivity contribution in [3.8, 4) is 11.8 Å². The summed E-state index contributed by atoms with van der Waals surface area (Å²) < 4.78 is 6.01. The molecular formula is C26H32ClN3O2. The Morgan fingerprint density at radius 2 is 2.00 bits per heavy atom. The predicted octanol–water partition coefficient (Wildman–Crippen LogP) is 5.72. The second-order valence-electron chi connectivity index (χ2n) is 11.4. The van der Waals surface area contributed by atoms with Crippen molar-refractivity contribution in [2.75, 3.05) is 0 Å². The number of ether oxygens (including phenoxy) is 1. The minimum absolute atomic E-state index is 0.144. The highest BCUT2D eigenvalue weighted by Gasteiger charge is 2.60. The Hall–Kier alpha value is -1.74. The van der Waals surface area contributed by atoms with Gasteiger partial charge in [0.1, 0.15) is 12.0 Å². The van der Waals surface area contributed by atoms with Crippen LogP contribution in [0.2, 0.25) is 5.02 Å². The number of H-pyrrole nitrogens is 1. The van der Waals surface area contributed by atoms with Gasteiger partial charge < -0.3 is 14.8 Å². The maximum absolute atomic E-state index is 11.4. The van der Waals surface area contributed by atoms with Crippen molar-refractivity contribution in [1.29, 1.82) is 5.26 Å². The van der Waals surface area contributed by atoms with E-state index >= 15 is 0 Å². The molecule has 0 spiro atoms. The van der Waals surface area contributed by atoms with Crippen LogP contribution in [0.15, 0.2) is 18.3 Å². The van der Waals surface area contributed by atoms with E-state index in [1.54, 1.807) is 0 Å². The molecule has 7 rings (SSSR count). The zero-order valence-corrected chi connectivity index (χ0v) is 19.7. The summed E-state index contributed by atoms with van der Waals surface area (Å²) >= 11 is 6.79. The minimum Gasteiger partial charge on any atom is -0.489 e. The number of rotatable bonds is 6. The summed E-state index contributed by atoms with van der Waals surface area (Å²) in [6, 6.07) is 7.28. The zero-order valence-electron chi connectivity index (χ0n) is 18.9. The van der Waals surface area contributed by atoms with Crippen molar-refractivity contribution >= 4 is 22.5 Å². The third-order valence-electron chi connectivity index (χ3n) is 8.59. The SMILES string of the molecule is CC(CC(O)N1C2CC3(C)CC1CC(C#N)(C2)C3)c1c[nH]c2ccc(OC3CC3)c(Cl)c12. The number of piperidine rings is 2. The molecule has 5 nitrogen and oxygen atoms in total. The van der Waals surface area contributed by atoms with Gasteiger partial charge in [-0.05, 0) is 80.4 Å². The van der Waals surface area contributed by atoms with Crippen LogP contribution in [-0.2, 0) is 0 Å². The predicted molar refractivity (Wildman–Crippen MR) is 125 cm³/mol. The Kier molecular flexibility index (Phi) is 4.64. The molecule has 32 heavy (non-hydrogen) atoms. The summed E-state index contributed by atoms with van der Waals surface area (Å²) in [6.45, 7) is 4.52. The molecule has 2 aromatic rings. The van der Waals surface area contributed by atoms with Crippen LogP contribution in [0.1, 0.15) is 76.7 Å². The quantitative estimate of drug-likeness (QED) is 0.586. The number of aromatic nitrogens is 1. The Morgan fingerprint density at radius 3 is 2.66 bits per heavy atom. The lowest BCUT2D eigenvalue weighted by atomic mass is 9.50. The van der Waals surface area contributed by atoms with Crippen molar-refractivity contribution in [2.24, 2.45) is 10.8 Å². The first-order valence-electron chi connectivity index (χ1n) is 12.1. The number of aromatic amines is 1. The van der Waals surface area contributed by atoms with Gasteiger partial charge in [0.2, 0.25) is 0 Å². The Bertz CT molecular complexity index is 1080. The number of fused-ring (bicyclic) bond motifs is 1. The fourth-order valence-corrected chi connectivity index (χ4v) is 7.71. The molecule has 3 saturated carbocycles. The first kappa shape index (κ1) is 20.8. The summed E-state index contributed by atoms with van der Waals surface area (Å²) in [5, 5.41) is 23.0. The molecule has 170 valence electrons. The van der Waals surface area contributed by atoms with Gasteiger partial charge in [-0.15, -0.1) is 0 Å². The van der Waals surface area contributed by atoms with Gasteiger partial charge in [0, 0.05) is 29.2 Å². The number of benzene rings is 1. The second kappa shape index (κ2) is 7.13. The average molecular weight is 454 g/mol. The number of aliphatic hydroxyl groups is 1. The number of hydrogen-bond donors (Lipinski definition) is 2. The van der Waals surface area contributed by atoms with Crippen LogP contribution in [0.25, 0.3) is 10.9 Å². The summed E-state index contributed by atoms with van der Waals surface area (Å²) in [7, 11) is 0. The first-order chi connectivity index (χ1) is 15.3. The zero-order chi connectivity index (χ0) is 22.3. The van der Waals surface area contributed by atoms with E-state index in [1.165, 1.54) is 0 Å². The summed E-state index contributed by atoms with van der Waals surface area (Å²) in [4.78, 5) is 5.71. The molecule has 4 unspecified atom stereocenters. The molecule has 3 heterocycles. The van der Waals surface area contributed by atoms with Gasteiger partial charge in [0.15, 0.2) is 0 Å². The fraction of sp³-hybridized carbons (Fsp3) is 0.654. The van der Waals surface area contributed by atoms with E-state index in [4.69, 9.17) is 16.3 Å². The average Bonchev–Trinajstić information content (AvgIpc) is 3.43. The van der Waals surface area contributed by atoms with E-state index in [1.807, 2.05) is 18.3 Å². The van der Waals surface area contributed by atoms with Crippen molar-refractivity contribution in [1.82, 2.24) is 9.88 Å². The van der Waals surface area contributed by atoms with Crippen LogP contribution in [0, 0.1) is 22.2 Å². The normalized spacial score (nSPS) is 35.7. The van der Waals surface area contributed by atoms with Gasteiger partial charge in [-0.3, -0.25) is 4.90 Å². The van der Waals surface area contributed by atoms with Crippen LogP contribution < -0.4 is 4.74 Å². The van der Waals surface area contributed by atoms with Gasteiger partial charge in [0.05, 0.1) is 22.6 Å². The largest absolute Gasteiger partial charge is 0.489 e. The topological polar surface area (TPSA) is 72.3 Å². The van der Waals surface area contributed by atoms with E-state index in [-0.39, 0.29) is 16.7 Å². The van der Waals surface area contributed by atoms with Crippen LogP contribution in [-0.4, -0.2) is 39.4 Å². The molecule has 1 aromatic heterocycles. The van der Waals surface area contributed by atoms with Crippen LogP contribution in [0.4, 0.5) is 0 Å². The maximum atomic E-state index is 11.4. The van der Waals surface area contributed by atoms with Crippen LogP contribution in [0.3, 0.4) is 0 Å². The molecule has 0 radical (unpaired) electrons. The molecule has 3 aliphatic carbocycles. The molecule has 4 atom stereocenters. The standard InChI is InChI=1S/C26H32ClN3O2/c1-15(19-12-29-20-5-6-21(24(27)23(19)20)32-18-3-4-18)7-22(31)30-16-8-25(2)9-17(30)11-26(10-16,13-25)14-28/h5-6,12,15-18,22,29,31H,3-4,7-11,13H2,1-2H3. The second-order valence-corrected chi connectivity index (χ2v) is 11.8. The number of nitriles is 1. The summed E-state index contributed by atoms with van der Waals surface area (Å²) in [6.07, 6.45) is 9.71. The molecule has 2 aliphatic heterocycles. The van der Waals surface area contributed by atoms with Gasteiger partial charge in [-0.2, -0.15) is 5.26 Å². The number of aliphatic hydroxyl groups excluding tert-OH is 1. The molecule has 6 heteroatoms. The minimum atomic E-state index is -0.506. The van der Waals surface area contributed by atoms with Gasteiger partial charge >= 0.3 is 0 Å². The molecular weight excluding hydrogens is 422 g/mol. The van der Waals surface area contributed by atoms with E-state index in [2.05, 4.69) is 29.8 Å². The Balaban J connectivity index is 1.23. The highest BCUT2D eigenvalue weighted by Crippen LogP contribution is 2.61. The highest BCUT2D eigenvalue weighted by molar-refractivity contribution is 6.37. The number of nitrogens with one attached hydrogen (secondary N) is 1. The lowest BCUT2D eigenvalue weighted by molar-refractivity contribution is -0.182. The summed E-state index contributed by atoms with van der Waals surface area (Å²) in [5.74, 6) is 0.903. The van der Waals surface area contributed by atoms with Gasteiger partial charge in [-0.1, -0.05) is 25.4 Å². The van der Waals surface area contributed by atoms with Crippen molar-refractivity contribution in [3.63, 3.8) is 0 Å². The monoisotopic (exact) mass is 453 g/mol. The summed E-state index contributed by atoms with van der Waals surface area (Å²) in [5.41, 5.74) is 2.22. The van der Waals surface area contributed by atoms with Gasteiger partial charge in [-0.25, -0.2) is 0 Å². The lowest BCUT2D eigenvalue weighted by Gasteiger charge is -2.64. The number of halogens is 1. The fourth-order valence-electron chi connectivity index (χ4n) is 7.39. The van der Waals surface area contributed by atoms with Crippen molar-refractivity contribution in [3.05, 3.63) is 28.9 Å². The van der Waals surface area contributed by atoms with E-state index in [0.717, 1.165) is 67.2 Å². The Labute approximate surface area is 194 Å². The molecule has 5 aliphatic rings. The maximum Gasteiger partial charge on any atom is 0.139 e. The lowest BCUT2D eigenvalue weighted by Crippen LogP contribution is -2.66. The van der Waals surface area contributed by atoms with E-state index in [0.29, 0.717) is 29.6 Å². The molecule has 5 fully saturated rings. The van der Waals surface area contributed by atoms with Crippen LogP contribution in [0.5, 0.6) is 5.75 Å². The van der Waals surface area contributed by atoms with Crippen molar-refractivity contribution < 1.29 is 9.84 Å². The molecule has 2 saturated heterocycles. The van der Waals surface area contributed by atoms with Crippen LogP contribution >= 0.6 is 11.6 Å². The Morgan fingerprint density at radius 1 is 1.28 bits per heavy atom. The molecule has 2 N–H and O–H groups in total. The molecule has 1 aromatic carbocycles. The van der Waals surface area contributed by atoms with E-state index < -0.39 is 6.23 Å². The van der Waals surface area contributed by atoms with E-state index in [9.17, 15) is 10.4 Å². The highest BCUT2D eigenvalue weighted by atomic mass is 35.5. The molecule has 4 bridgehead atoms. The number of nitrogens with zero attached hydrogens (tertiary/aromatic N) is 2. The smallest absolute Gasteiger partial charge is 0.139 e. The first-order valence-corrected chi connectivity index (χ1v) is 12.5. The molecule has 0 amide bonds. The van der Waals surface area contributed by atoms with Gasteiger partial charge in [0.25, 0.3) is 0 Å². The third-order valence-corrected chi connectivity index (χ3v) is 8.97. The third kappa shape index (κ3) is 3.26. The number of hydrogen-bond acceptors (Lipinski definition) is 4.